The van der Waals surface area contributed by atoms with Crippen LogP contribution in [0.15, 0.2) is 29.2 Å². The summed E-state index contributed by atoms with van der Waals surface area (Å²) in [4.78, 5) is 24.0. The highest BCUT2D eigenvalue weighted by Gasteiger charge is 2.21. The van der Waals surface area contributed by atoms with Crippen molar-refractivity contribution >= 4 is 21.9 Å². The number of carboxylic acid groups (broad SMARTS) is 1. The topological polar surface area (TPSA) is 104 Å². The molecule has 0 atom stereocenters. The van der Waals surface area contributed by atoms with Gasteiger partial charge in [0.2, 0.25) is 15.9 Å². The van der Waals surface area contributed by atoms with Gasteiger partial charge in [0, 0.05) is 13.1 Å². The zero-order valence-corrected chi connectivity index (χ0v) is 12.1. The van der Waals surface area contributed by atoms with Crippen LogP contribution in [-0.4, -0.2) is 49.9 Å². The second-order valence-corrected chi connectivity index (χ2v) is 6.51. The van der Waals surface area contributed by atoms with Crippen molar-refractivity contribution in [1.29, 1.82) is 0 Å². The molecule has 1 fully saturated rings. The number of carbonyl (C=O) groups excluding carboxylic acids is 1. The van der Waals surface area contributed by atoms with Crippen molar-refractivity contribution in [2.24, 2.45) is 0 Å². The molecule has 7 nitrogen and oxygen atoms in total. The van der Waals surface area contributed by atoms with Gasteiger partial charge in [0.25, 0.3) is 0 Å². The highest BCUT2D eigenvalue weighted by Crippen LogP contribution is 2.11. The Balaban J connectivity index is 2.00. The molecule has 1 saturated heterocycles. The van der Waals surface area contributed by atoms with Crippen molar-refractivity contribution < 1.29 is 23.1 Å². The highest BCUT2D eigenvalue weighted by molar-refractivity contribution is 7.89. The smallest absolute Gasteiger partial charge is 0.335 e. The van der Waals surface area contributed by atoms with Crippen LogP contribution < -0.4 is 4.72 Å². The molecule has 2 N–H and O–H groups in total. The van der Waals surface area contributed by atoms with E-state index in [1.807, 2.05) is 0 Å². The number of nitrogens with one attached hydrogen (secondary N) is 1. The van der Waals surface area contributed by atoms with Gasteiger partial charge in [0.15, 0.2) is 0 Å². The fourth-order valence-electron chi connectivity index (χ4n) is 2.10. The first-order valence-electron chi connectivity index (χ1n) is 6.51. The highest BCUT2D eigenvalue weighted by atomic mass is 32.2. The van der Waals surface area contributed by atoms with Gasteiger partial charge in [-0.05, 0) is 37.1 Å². The maximum absolute atomic E-state index is 12.0. The Morgan fingerprint density at radius 2 is 1.71 bits per heavy atom. The van der Waals surface area contributed by atoms with Crippen LogP contribution in [0.25, 0.3) is 0 Å². The third kappa shape index (κ3) is 3.79. The van der Waals surface area contributed by atoms with Crippen molar-refractivity contribution in [3.63, 3.8) is 0 Å². The van der Waals surface area contributed by atoms with Crippen molar-refractivity contribution in [3.05, 3.63) is 29.8 Å². The lowest BCUT2D eigenvalue weighted by Gasteiger charge is -2.15. The number of amides is 1. The molecule has 1 heterocycles. The summed E-state index contributed by atoms with van der Waals surface area (Å²) in [5, 5.41) is 8.76. The minimum atomic E-state index is -3.82. The second kappa shape index (κ2) is 6.23. The molecule has 2 rings (SSSR count). The third-order valence-electron chi connectivity index (χ3n) is 3.28. The number of aromatic carboxylic acids is 1. The quantitative estimate of drug-likeness (QED) is 0.813. The summed E-state index contributed by atoms with van der Waals surface area (Å²) in [6.07, 6.45) is 1.88. The number of rotatable bonds is 5. The number of hydrogen-bond donors (Lipinski definition) is 2. The average molecular weight is 312 g/mol. The zero-order chi connectivity index (χ0) is 15.5. The van der Waals surface area contributed by atoms with Gasteiger partial charge in [-0.25, -0.2) is 17.9 Å². The van der Waals surface area contributed by atoms with E-state index in [0.29, 0.717) is 13.1 Å². The fourth-order valence-corrected chi connectivity index (χ4v) is 3.07. The van der Waals surface area contributed by atoms with Crippen molar-refractivity contribution in [1.82, 2.24) is 9.62 Å². The molecule has 8 heteroatoms. The molecule has 0 spiro atoms. The molecule has 0 radical (unpaired) electrons. The van der Waals surface area contributed by atoms with Crippen LogP contribution in [0.1, 0.15) is 23.2 Å². The minimum absolute atomic E-state index is 0.00194. The molecule has 114 valence electrons. The first-order chi connectivity index (χ1) is 9.90. The van der Waals surface area contributed by atoms with Crippen LogP contribution in [0.3, 0.4) is 0 Å². The lowest BCUT2D eigenvalue weighted by molar-refractivity contribution is -0.128. The first-order valence-corrected chi connectivity index (χ1v) is 7.99. The summed E-state index contributed by atoms with van der Waals surface area (Å²) >= 11 is 0. The average Bonchev–Trinajstić information content (AvgIpc) is 2.99. The first kappa shape index (κ1) is 15.5. The van der Waals surface area contributed by atoms with Gasteiger partial charge in [-0.1, -0.05) is 0 Å². The second-order valence-electron chi connectivity index (χ2n) is 4.74. The van der Waals surface area contributed by atoms with E-state index >= 15 is 0 Å². The van der Waals surface area contributed by atoms with Crippen LogP contribution in [0.5, 0.6) is 0 Å². The predicted octanol–water partition coefficient (Wildman–Crippen LogP) is 0.285. The predicted molar refractivity (Wildman–Crippen MR) is 74.4 cm³/mol. The number of hydrogen-bond acceptors (Lipinski definition) is 4. The van der Waals surface area contributed by atoms with E-state index in [1.54, 1.807) is 4.90 Å². The van der Waals surface area contributed by atoms with Gasteiger partial charge >= 0.3 is 5.97 Å². The molecule has 0 saturated carbocycles. The van der Waals surface area contributed by atoms with Crippen molar-refractivity contribution in [3.8, 4) is 0 Å². The molecule has 21 heavy (non-hydrogen) atoms. The molecule has 1 aromatic rings. The maximum atomic E-state index is 12.0. The van der Waals surface area contributed by atoms with Gasteiger partial charge in [0.05, 0.1) is 17.0 Å². The SMILES string of the molecule is O=C(O)c1ccc(S(=O)(=O)NCC(=O)N2CCCC2)cc1. The molecule has 1 aromatic carbocycles. The number of nitrogens with zero attached hydrogens (tertiary/aromatic N) is 1. The molecule has 1 aliphatic rings. The summed E-state index contributed by atoms with van der Waals surface area (Å²) in [5.74, 6) is -1.38. The Kier molecular flexibility index (Phi) is 4.59. The molecule has 0 aromatic heterocycles. The van der Waals surface area contributed by atoms with E-state index in [0.717, 1.165) is 12.8 Å². The van der Waals surface area contributed by atoms with E-state index in [2.05, 4.69) is 4.72 Å². The van der Waals surface area contributed by atoms with Crippen LogP contribution in [0, 0.1) is 0 Å². The lowest BCUT2D eigenvalue weighted by atomic mass is 10.2. The zero-order valence-electron chi connectivity index (χ0n) is 11.3. The molecule has 1 amide bonds. The van der Waals surface area contributed by atoms with E-state index in [-0.39, 0.29) is 22.9 Å². The van der Waals surface area contributed by atoms with Crippen LogP contribution >= 0.6 is 0 Å². The molecule has 0 aliphatic carbocycles. The Bertz CT molecular complexity index is 633. The van der Waals surface area contributed by atoms with E-state index in [9.17, 15) is 18.0 Å². The normalized spacial score (nSPS) is 15.1. The van der Waals surface area contributed by atoms with E-state index < -0.39 is 16.0 Å². The van der Waals surface area contributed by atoms with Gasteiger partial charge in [-0.3, -0.25) is 4.79 Å². The van der Waals surface area contributed by atoms with Crippen molar-refractivity contribution in [2.75, 3.05) is 19.6 Å². The summed E-state index contributed by atoms with van der Waals surface area (Å²) in [5.41, 5.74) is 0.00194. The molecule has 0 bridgehead atoms. The van der Waals surface area contributed by atoms with Crippen LogP contribution in [0.2, 0.25) is 0 Å². The Hall–Kier alpha value is -1.93. The number of likely N-dealkylation sites (tertiary alicyclic amines) is 1. The van der Waals surface area contributed by atoms with Crippen LogP contribution in [-0.2, 0) is 14.8 Å². The third-order valence-corrected chi connectivity index (χ3v) is 4.70. The van der Waals surface area contributed by atoms with E-state index in [4.69, 9.17) is 5.11 Å². The van der Waals surface area contributed by atoms with Gasteiger partial charge in [-0.15, -0.1) is 0 Å². The Labute approximate surface area is 122 Å². The largest absolute Gasteiger partial charge is 0.478 e. The van der Waals surface area contributed by atoms with Gasteiger partial charge in [-0.2, -0.15) is 0 Å². The molecular weight excluding hydrogens is 296 g/mol. The number of carboxylic acids is 1. The lowest BCUT2D eigenvalue weighted by Crippen LogP contribution is -2.38. The molecule has 0 unspecified atom stereocenters. The summed E-state index contributed by atoms with van der Waals surface area (Å²) < 4.78 is 26.2. The molecular formula is C13H16N2O5S. The van der Waals surface area contributed by atoms with Gasteiger partial charge < -0.3 is 10.0 Å². The summed E-state index contributed by atoms with van der Waals surface area (Å²) in [6, 6.07) is 4.82. The Morgan fingerprint density at radius 1 is 1.14 bits per heavy atom. The van der Waals surface area contributed by atoms with Crippen molar-refractivity contribution in [2.45, 2.75) is 17.7 Å². The van der Waals surface area contributed by atoms with E-state index in [1.165, 1.54) is 24.3 Å². The minimum Gasteiger partial charge on any atom is -0.478 e. The number of carbonyl (C=O) groups is 2. The number of benzene rings is 1. The monoisotopic (exact) mass is 312 g/mol. The van der Waals surface area contributed by atoms with Crippen LogP contribution in [0.4, 0.5) is 0 Å². The molecule has 1 aliphatic heterocycles. The Morgan fingerprint density at radius 3 is 2.24 bits per heavy atom. The maximum Gasteiger partial charge on any atom is 0.335 e. The summed E-state index contributed by atoms with van der Waals surface area (Å²) in [7, 11) is -3.82. The summed E-state index contributed by atoms with van der Waals surface area (Å²) in [6.45, 7) is 1.03. The fraction of sp³-hybridized carbons (Fsp3) is 0.385. The van der Waals surface area contributed by atoms with Gasteiger partial charge in [0.1, 0.15) is 0 Å². The standard InChI is InChI=1S/C13H16N2O5S/c16-12(15-7-1-2-8-15)9-14-21(19,20)11-5-3-10(4-6-11)13(17)18/h3-6,14H,1-2,7-9H2,(H,17,18). The number of sulfonamides is 1.